The number of ether oxygens (including phenoxy) is 1. The van der Waals surface area contributed by atoms with E-state index in [2.05, 4.69) is 0 Å². The third-order valence-electron chi connectivity index (χ3n) is 2.26. The number of benzene rings is 1. The van der Waals surface area contributed by atoms with E-state index in [1.807, 2.05) is 23.6 Å². The first-order valence-electron chi connectivity index (χ1n) is 4.46. The first-order valence-corrected chi connectivity index (χ1v) is 5.34. The lowest BCUT2D eigenvalue weighted by molar-refractivity contribution is 0.201. The number of methoxy groups -OCH3 is 1. The predicted molar refractivity (Wildman–Crippen MR) is 59.0 cm³/mol. The number of hydrogen-bond donors (Lipinski definition) is 1. The average molecular weight is 208 g/mol. The summed E-state index contributed by atoms with van der Waals surface area (Å²) in [6.07, 6.45) is -0.421. The van der Waals surface area contributed by atoms with E-state index in [4.69, 9.17) is 4.74 Å². The Labute approximate surface area is 86.8 Å². The van der Waals surface area contributed by atoms with Crippen molar-refractivity contribution in [3.8, 4) is 5.75 Å². The van der Waals surface area contributed by atoms with E-state index in [-0.39, 0.29) is 0 Å². The molecule has 0 aliphatic heterocycles. The fraction of sp³-hybridized carbons (Fsp3) is 0.273. The Hall–Kier alpha value is -1.06. The summed E-state index contributed by atoms with van der Waals surface area (Å²) in [4.78, 5) is 0. The van der Waals surface area contributed by atoms with Gasteiger partial charge in [0.05, 0.1) is 17.9 Å². The minimum atomic E-state index is -0.421. The smallest absolute Gasteiger partial charge is 0.136 e. The Bertz CT molecular complexity index is 445. The minimum Gasteiger partial charge on any atom is -0.495 e. The number of rotatable bonds is 2. The molecule has 0 saturated heterocycles. The van der Waals surface area contributed by atoms with Crippen LogP contribution in [0.1, 0.15) is 18.6 Å². The highest BCUT2D eigenvalue weighted by molar-refractivity contribution is 7.17. The fourth-order valence-electron chi connectivity index (χ4n) is 1.53. The summed E-state index contributed by atoms with van der Waals surface area (Å²) in [5.74, 6) is 0.874. The maximum atomic E-state index is 9.54. The number of aliphatic hydroxyl groups is 1. The number of aliphatic hydroxyl groups excluding tert-OH is 1. The Morgan fingerprint density at radius 1 is 1.43 bits per heavy atom. The molecule has 0 aliphatic carbocycles. The van der Waals surface area contributed by atoms with Crippen molar-refractivity contribution in [3.05, 3.63) is 29.1 Å². The number of fused-ring (bicyclic) bond motifs is 1. The molecule has 74 valence electrons. The Balaban J connectivity index is 2.69. The van der Waals surface area contributed by atoms with Crippen molar-refractivity contribution < 1.29 is 9.84 Å². The molecular formula is C11H12O2S. The van der Waals surface area contributed by atoms with Crippen molar-refractivity contribution in [2.24, 2.45) is 0 Å². The van der Waals surface area contributed by atoms with Gasteiger partial charge in [-0.15, -0.1) is 11.3 Å². The molecule has 0 bridgehead atoms. The zero-order valence-corrected chi connectivity index (χ0v) is 8.97. The summed E-state index contributed by atoms with van der Waals surface area (Å²) in [7, 11) is 1.66. The zero-order chi connectivity index (χ0) is 10.1. The fourth-order valence-corrected chi connectivity index (χ4v) is 2.68. The van der Waals surface area contributed by atoms with E-state index in [0.29, 0.717) is 0 Å². The van der Waals surface area contributed by atoms with Gasteiger partial charge in [0, 0.05) is 5.39 Å². The molecule has 2 aromatic rings. The molecule has 14 heavy (non-hydrogen) atoms. The normalized spacial score (nSPS) is 13.1. The van der Waals surface area contributed by atoms with Crippen molar-refractivity contribution >= 4 is 21.4 Å². The third kappa shape index (κ3) is 1.38. The Morgan fingerprint density at radius 2 is 2.21 bits per heavy atom. The van der Waals surface area contributed by atoms with Gasteiger partial charge >= 0.3 is 0 Å². The van der Waals surface area contributed by atoms with Crippen molar-refractivity contribution in [1.29, 1.82) is 0 Å². The minimum absolute atomic E-state index is 0.421. The SMILES string of the molecule is COc1cccc2c(C(C)O)csc12. The standard InChI is InChI=1S/C11H12O2S/c1-7(12)9-6-14-11-8(9)4-3-5-10(11)13-2/h3-7,12H,1-2H3. The molecule has 0 spiro atoms. The molecule has 1 atom stereocenters. The van der Waals surface area contributed by atoms with E-state index in [1.165, 1.54) is 0 Å². The van der Waals surface area contributed by atoms with Crippen LogP contribution in [0.25, 0.3) is 10.1 Å². The molecule has 1 N–H and O–H groups in total. The first-order chi connectivity index (χ1) is 6.74. The van der Waals surface area contributed by atoms with Crippen molar-refractivity contribution in [3.63, 3.8) is 0 Å². The van der Waals surface area contributed by atoms with Crippen LogP contribution in [0.5, 0.6) is 5.75 Å². The predicted octanol–water partition coefficient (Wildman–Crippen LogP) is 2.96. The van der Waals surface area contributed by atoms with Crippen LogP contribution in [0.4, 0.5) is 0 Å². The molecule has 1 heterocycles. The topological polar surface area (TPSA) is 29.5 Å². The molecular weight excluding hydrogens is 196 g/mol. The van der Waals surface area contributed by atoms with E-state index in [0.717, 1.165) is 21.4 Å². The molecule has 1 aromatic carbocycles. The summed E-state index contributed by atoms with van der Waals surface area (Å²) in [6, 6.07) is 5.89. The molecule has 1 aromatic heterocycles. The van der Waals surface area contributed by atoms with Crippen molar-refractivity contribution in [2.45, 2.75) is 13.0 Å². The van der Waals surface area contributed by atoms with Gasteiger partial charge in [0.1, 0.15) is 5.75 Å². The van der Waals surface area contributed by atoms with Gasteiger partial charge in [-0.1, -0.05) is 12.1 Å². The summed E-state index contributed by atoms with van der Waals surface area (Å²) < 4.78 is 6.35. The van der Waals surface area contributed by atoms with Crippen LogP contribution in [0.3, 0.4) is 0 Å². The third-order valence-corrected chi connectivity index (χ3v) is 3.29. The molecule has 0 radical (unpaired) electrons. The quantitative estimate of drug-likeness (QED) is 0.822. The zero-order valence-electron chi connectivity index (χ0n) is 8.15. The number of hydrogen-bond acceptors (Lipinski definition) is 3. The van der Waals surface area contributed by atoms with Gasteiger partial charge in [-0.05, 0) is 23.9 Å². The van der Waals surface area contributed by atoms with Crippen LogP contribution < -0.4 is 4.74 Å². The molecule has 0 amide bonds. The lowest BCUT2D eigenvalue weighted by atomic mass is 10.1. The lowest BCUT2D eigenvalue weighted by Crippen LogP contribution is -1.88. The van der Waals surface area contributed by atoms with Crippen molar-refractivity contribution in [2.75, 3.05) is 7.11 Å². The van der Waals surface area contributed by atoms with Crippen LogP contribution in [0.2, 0.25) is 0 Å². The van der Waals surface area contributed by atoms with Gasteiger partial charge in [-0.3, -0.25) is 0 Å². The molecule has 0 fully saturated rings. The second-order valence-electron chi connectivity index (χ2n) is 3.20. The molecule has 0 aliphatic rings. The lowest BCUT2D eigenvalue weighted by Gasteiger charge is -2.03. The van der Waals surface area contributed by atoms with Gasteiger partial charge in [-0.2, -0.15) is 0 Å². The highest BCUT2D eigenvalue weighted by atomic mass is 32.1. The molecule has 2 rings (SSSR count). The van der Waals surface area contributed by atoms with Crippen molar-refractivity contribution in [1.82, 2.24) is 0 Å². The van der Waals surface area contributed by atoms with Gasteiger partial charge < -0.3 is 9.84 Å². The van der Waals surface area contributed by atoms with E-state index in [9.17, 15) is 5.11 Å². The number of thiophene rings is 1. The highest BCUT2D eigenvalue weighted by Crippen LogP contribution is 2.35. The molecule has 2 nitrogen and oxygen atoms in total. The van der Waals surface area contributed by atoms with Gasteiger partial charge in [-0.25, -0.2) is 0 Å². The van der Waals surface area contributed by atoms with Gasteiger partial charge in [0.25, 0.3) is 0 Å². The second kappa shape index (κ2) is 3.59. The van der Waals surface area contributed by atoms with Crippen LogP contribution >= 0.6 is 11.3 Å². The summed E-state index contributed by atoms with van der Waals surface area (Å²) in [5.41, 5.74) is 0.976. The molecule has 3 heteroatoms. The highest BCUT2D eigenvalue weighted by Gasteiger charge is 2.11. The van der Waals surface area contributed by atoms with E-state index in [1.54, 1.807) is 25.4 Å². The summed E-state index contributed by atoms with van der Waals surface area (Å²) in [6.45, 7) is 1.78. The Kier molecular flexibility index (Phi) is 2.44. The first kappa shape index (κ1) is 9.49. The summed E-state index contributed by atoms with van der Waals surface area (Å²) in [5, 5.41) is 12.6. The van der Waals surface area contributed by atoms with Crippen LogP contribution in [0.15, 0.2) is 23.6 Å². The van der Waals surface area contributed by atoms with Gasteiger partial charge in [0.15, 0.2) is 0 Å². The van der Waals surface area contributed by atoms with Crippen LogP contribution in [0, 0.1) is 0 Å². The maximum Gasteiger partial charge on any atom is 0.136 e. The monoisotopic (exact) mass is 208 g/mol. The van der Waals surface area contributed by atoms with E-state index >= 15 is 0 Å². The second-order valence-corrected chi connectivity index (χ2v) is 4.08. The molecule has 0 saturated carbocycles. The largest absolute Gasteiger partial charge is 0.495 e. The average Bonchev–Trinajstić information content (AvgIpc) is 2.60. The van der Waals surface area contributed by atoms with Crippen LogP contribution in [-0.4, -0.2) is 12.2 Å². The van der Waals surface area contributed by atoms with E-state index < -0.39 is 6.10 Å². The maximum absolute atomic E-state index is 9.54. The van der Waals surface area contributed by atoms with Gasteiger partial charge in [0.2, 0.25) is 0 Å². The molecule has 1 unspecified atom stereocenters. The van der Waals surface area contributed by atoms with Crippen LogP contribution in [-0.2, 0) is 0 Å². The Morgan fingerprint density at radius 3 is 2.86 bits per heavy atom. The summed E-state index contributed by atoms with van der Waals surface area (Å²) >= 11 is 1.61.